The Hall–Kier alpha value is -0.260. The van der Waals surface area contributed by atoms with E-state index < -0.39 is 10.0 Å². The van der Waals surface area contributed by atoms with Crippen LogP contribution in [0.25, 0.3) is 0 Å². The van der Waals surface area contributed by atoms with Crippen molar-refractivity contribution in [1.29, 1.82) is 0 Å². The SMILES string of the molecule is CCCCS(=O)(=O)Nc1cc(Cl)ccc1Br. The molecule has 16 heavy (non-hydrogen) atoms. The lowest BCUT2D eigenvalue weighted by Crippen LogP contribution is -2.16. The summed E-state index contributed by atoms with van der Waals surface area (Å²) in [7, 11) is -3.27. The van der Waals surface area contributed by atoms with E-state index in [0.717, 1.165) is 6.42 Å². The minimum atomic E-state index is -3.27. The molecular weight excluding hydrogens is 314 g/mol. The molecule has 6 heteroatoms. The van der Waals surface area contributed by atoms with E-state index in [1.807, 2.05) is 6.92 Å². The zero-order valence-corrected chi connectivity index (χ0v) is 12.0. The molecule has 0 saturated heterocycles. The molecule has 0 saturated carbocycles. The van der Waals surface area contributed by atoms with Crippen LogP contribution in [-0.4, -0.2) is 14.2 Å². The van der Waals surface area contributed by atoms with Crippen LogP contribution in [0.2, 0.25) is 5.02 Å². The summed E-state index contributed by atoms with van der Waals surface area (Å²) >= 11 is 9.06. The lowest BCUT2D eigenvalue weighted by atomic mass is 10.3. The van der Waals surface area contributed by atoms with E-state index in [1.54, 1.807) is 18.2 Å². The van der Waals surface area contributed by atoms with Gasteiger partial charge in [0.15, 0.2) is 0 Å². The average Bonchev–Trinajstić information content (AvgIpc) is 2.20. The van der Waals surface area contributed by atoms with E-state index in [1.165, 1.54) is 0 Å². The van der Waals surface area contributed by atoms with Crippen LogP contribution in [0.3, 0.4) is 0 Å². The highest BCUT2D eigenvalue weighted by atomic mass is 79.9. The molecule has 0 aromatic heterocycles. The first kappa shape index (κ1) is 13.8. The van der Waals surface area contributed by atoms with Crippen molar-refractivity contribution < 1.29 is 8.42 Å². The molecule has 0 aliphatic carbocycles. The maximum atomic E-state index is 11.6. The van der Waals surface area contributed by atoms with Gasteiger partial charge >= 0.3 is 0 Å². The van der Waals surface area contributed by atoms with Crippen molar-refractivity contribution in [3.63, 3.8) is 0 Å². The van der Waals surface area contributed by atoms with Crippen molar-refractivity contribution in [1.82, 2.24) is 0 Å². The zero-order valence-electron chi connectivity index (χ0n) is 8.83. The molecule has 1 rings (SSSR count). The summed E-state index contributed by atoms with van der Waals surface area (Å²) in [6, 6.07) is 4.98. The highest BCUT2D eigenvalue weighted by molar-refractivity contribution is 9.10. The maximum absolute atomic E-state index is 11.6. The maximum Gasteiger partial charge on any atom is 0.232 e. The molecular formula is C10H13BrClNO2S. The highest BCUT2D eigenvalue weighted by Gasteiger charge is 2.11. The van der Waals surface area contributed by atoms with Crippen LogP contribution in [0.15, 0.2) is 22.7 Å². The fourth-order valence-electron chi connectivity index (χ4n) is 1.13. The molecule has 0 bridgehead atoms. The first-order chi connectivity index (χ1) is 7.44. The van der Waals surface area contributed by atoms with Crippen LogP contribution in [-0.2, 0) is 10.0 Å². The van der Waals surface area contributed by atoms with Crippen molar-refractivity contribution in [2.45, 2.75) is 19.8 Å². The first-order valence-corrected chi connectivity index (χ1v) is 7.72. The Labute approximate surface area is 109 Å². The number of hydrogen-bond acceptors (Lipinski definition) is 2. The molecule has 0 heterocycles. The van der Waals surface area contributed by atoms with Crippen LogP contribution < -0.4 is 4.72 Å². The number of unbranched alkanes of at least 4 members (excludes halogenated alkanes) is 1. The number of anilines is 1. The summed E-state index contributed by atoms with van der Waals surface area (Å²) in [5.74, 6) is 0.127. The van der Waals surface area contributed by atoms with Gasteiger partial charge in [-0.15, -0.1) is 0 Å². The molecule has 3 nitrogen and oxygen atoms in total. The molecule has 0 spiro atoms. The standard InChI is InChI=1S/C10H13BrClNO2S/c1-2-3-6-16(14,15)13-10-7-8(12)4-5-9(10)11/h4-5,7,13H,2-3,6H2,1H3. The molecule has 0 atom stereocenters. The van der Waals surface area contributed by atoms with E-state index in [9.17, 15) is 8.42 Å². The normalized spacial score (nSPS) is 11.4. The third kappa shape index (κ3) is 4.31. The van der Waals surface area contributed by atoms with Gasteiger partial charge in [-0.1, -0.05) is 24.9 Å². The molecule has 0 radical (unpaired) electrons. The molecule has 1 aromatic carbocycles. The van der Waals surface area contributed by atoms with E-state index >= 15 is 0 Å². The van der Waals surface area contributed by atoms with E-state index in [0.29, 0.717) is 21.6 Å². The second-order valence-corrected chi connectivity index (χ2v) is 6.53. The van der Waals surface area contributed by atoms with Gasteiger partial charge in [0, 0.05) is 9.50 Å². The van der Waals surface area contributed by atoms with Crippen molar-refractivity contribution in [3.8, 4) is 0 Å². The van der Waals surface area contributed by atoms with Crippen LogP contribution in [0.1, 0.15) is 19.8 Å². The minimum Gasteiger partial charge on any atom is -0.282 e. The number of sulfonamides is 1. The van der Waals surface area contributed by atoms with Gasteiger partial charge in [0.1, 0.15) is 0 Å². The highest BCUT2D eigenvalue weighted by Crippen LogP contribution is 2.26. The van der Waals surface area contributed by atoms with Crippen molar-refractivity contribution in [2.75, 3.05) is 10.5 Å². The largest absolute Gasteiger partial charge is 0.282 e. The number of nitrogens with one attached hydrogen (secondary N) is 1. The second-order valence-electron chi connectivity index (χ2n) is 3.40. The molecule has 0 aliphatic rings. The Morgan fingerprint density at radius 3 is 2.75 bits per heavy atom. The lowest BCUT2D eigenvalue weighted by molar-refractivity contribution is 0.598. The molecule has 0 aliphatic heterocycles. The van der Waals surface area contributed by atoms with Gasteiger partial charge in [-0.05, 0) is 40.5 Å². The van der Waals surface area contributed by atoms with E-state index in [-0.39, 0.29) is 5.75 Å². The smallest absolute Gasteiger partial charge is 0.232 e. The van der Waals surface area contributed by atoms with Gasteiger partial charge in [-0.3, -0.25) is 4.72 Å². The van der Waals surface area contributed by atoms with Gasteiger partial charge in [-0.2, -0.15) is 0 Å². The zero-order chi connectivity index (χ0) is 12.2. The summed E-state index contributed by atoms with van der Waals surface area (Å²) in [4.78, 5) is 0. The summed E-state index contributed by atoms with van der Waals surface area (Å²) in [6.45, 7) is 1.95. The monoisotopic (exact) mass is 325 g/mol. The van der Waals surface area contributed by atoms with E-state index in [2.05, 4.69) is 20.7 Å². The summed E-state index contributed by atoms with van der Waals surface area (Å²) in [5.41, 5.74) is 0.476. The Balaban J connectivity index is 2.83. The van der Waals surface area contributed by atoms with Gasteiger partial charge in [-0.25, -0.2) is 8.42 Å². The second kappa shape index (κ2) is 5.89. The molecule has 90 valence electrons. The Morgan fingerprint density at radius 2 is 2.12 bits per heavy atom. The predicted octanol–water partition coefficient (Wildman–Crippen LogP) is 3.64. The molecule has 0 amide bonds. The number of benzene rings is 1. The fourth-order valence-corrected chi connectivity index (χ4v) is 3.05. The fraction of sp³-hybridized carbons (Fsp3) is 0.400. The molecule has 1 aromatic rings. The lowest BCUT2D eigenvalue weighted by Gasteiger charge is -2.09. The van der Waals surface area contributed by atoms with Crippen LogP contribution in [0.5, 0.6) is 0 Å². The predicted molar refractivity (Wildman–Crippen MR) is 71.5 cm³/mol. The third-order valence-corrected chi connectivity index (χ3v) is 4.24. The minimum absolute atomic E-state index is 0.127. The van der Waals surface area contributed by atoms with Crippen molar-refractivity contribution >= 4 is 43.2 Å². The Bertz CT molecular complexity index is 462. The third-order valence-electron chi connectivity index (χ3n) is 1.96. The number of rotatable bonds is 5. The van der Waals surface area contributed by atoms with Crippen LogP contribution in [0.4, 0.5) is 5.69 Å². The van der Waals surface area contributed by atoms with Crippen LogP contribution >= 0.6 is 27.5 Å². The van der Waals surface area contributed by atoms with Crippen molar-refractivity contribution in [3.05, 3.63) is 27.7 Å². The summed E-state index contributed by atoms with van der Waals surface area (Å²) in [5, 5.41) is 0.497. The molecule has 0 unspecified atom stereocenters. The first-order valence-electron chi connectivity index (χ1n) is 4.90. The number of hydrogen-bond donors (Lipinski definition) is 1. The Morgan fingerprint density at radius 1 is 1.44 bits per heavy atom. The number of halogens is 2. The van der Waals surface area contributed by atoms with Gasteiger partial charge in [0.05, 0.1) is 11.4 Å². The van der Waals surface area contributed by atoms with Gasteiger partial charge < -0.3 is 0 Å². The van der Waals surface area contributed by atoms with Crippen LogP contribution in [0, 0.1) is 0 Å². The summed E-state index contributed by atoms with van der Waals surface area (Å²) < 4.78 is 26.5. The Kier molecular flexibility index (Phi) is 5.08. The molecule has 0 fully saturated rings. The van der Waals surface area contributed by atoms with Gasteiger partial charge in [0.25, 0.3) is 0 Å². The quantitative estimate of drug-likeness (QED) is 0.898. The molecule has 1 N–H and O–H groups in total. The average molecular weight is 327 g/mol. The van der Waals surface area contributed by atoms with Gasteiger partial charge in [0.2, 0.25) is 10.0 Å². The van der Waals surface area contributed by atoms with Crippen molar-refractivity contribution in [2.24, 2.45) is 0 Å². The topological polar surface area (TPSA) is 46.2 Å². The summed E-state index contributed by atoms with van der Waals surface area (Å²) in [6.07, 6.45) is 1.49. The van der Waals surface area contributed by atoms with E-state index in [4.69, 9.17) is 11.6 Å².